The summed E-state index contributed by atoms with van der Waals surface area (Å²) in [5, 5.41) is 12.6. The Bertz CT molecular complexity index is 1190. The maximum atomic E-state index is 13.0. The van der Waals surface area contributed by atoms with Gasteiger partial charge in [-0.2, -0.15) is 10.2 Å². The molecule has 2 atom stereocenters. The number of rotatable bonds is 4. The summed E-state index contributed by atoms with van der Waals surface area (Å²) in [7, 11) is 0. The minimum absolute atomic E-state index is 0.128. The van der Waals surface area contributed by atoms with Crippen LogP contribution in [-0.4, -0.2) is 43.4 Å². The smallest absolute Gasteiger partial charge is 0.254 e. The minimum Gasteiger partial charge on any atom is -0.336 e. The van der Waals surface area contributed by atoms with E-state index in [0.29, 0.717) is 5.92 Å². The van der Waals surface area contributed by atoms with E-state index in [1.807, 2.05) is 54.7 Å². The van der Waals surface area contributed by atoms with Gasteiger partial charge in [0.05, 0.1) is 17.9 Å². The maximum Gasteiger partial charge on any atom is 0.254 e. The molecule has 6 heteroatoms. The molecule has 1 aliphatic heterocycles. The second-order valence-electron chi connectivity index (χ2n) is 8.36. The molecule has 4 aromatic rings. The number of aryl methyl sites for hydroxylation is 1. The maximum absolute atomic E-state index is 13.0. The Morgan fingerprint density at radius 2 is 2.07 bits per heavy atom. The van der Waals surface area contributed by atoms with Gasteiger partial charge < -0.3 is 4.90 Å². The molecule has 2 aromatic carbocycles. The Labute approximate surface area is 175 Å². The number of carbonyl (C=O) groups is 1. The Hall–Kier alpha value is -3.41. The van der Waals surface area contributed by atoms with Crippen molar-refractivity contribution in [1.82, 2.24) is 24.9 Å². The summed E-state index contributed by atoms with van der Waals surface area (Å²) in [6.07, 6.45) is 6.63. The first-order valence-electron chi connectivity index (χ1n) is 10.4. The zero-order valence-electron chi connectivity index (χ0n) is 17.2. The zero-order valence-corrected chi connectivity index (χ0v) is 17.2. The molecule has 0 aliphatic carbocycles. The molecule has 6 nitrogen and oxygen atoms in total. The average molecular weight is 399 g/mol. The van der Waals surface area contributed by atoms with Crippen LogP contribution in [0.15, 0.2) is 61.1 Å². The summed E-state index contributed by atoms with van der Waals surface area (Å²) < 4.78 is 2.08. The summed E-state index contributed by atoms with van der Waals surface area (Å²) in [4.78, 5) is 15.0. The van der Waals surface area contributed by atoms with Crippen LogP contribution in [0.2, 0.25) is 0 Å². The predicted octanol–water partition coefficient (Wildman–Crippen LogP) is 4.29. The molecular formula is C24H25N5O. The van der Waals surface area contributed by atoms with E-state index >= 15 is 0 Å². The van der Waals surface area contributed by atoms with Crippen molar-refractivity contribution >= 4 is 16.8 Å². The highest BCUT2D eigenvalue weighted by Crippen LogP contribution is 2.28. The van der Waals surface area contributed by atoms with Crippen molar-refractivity contribution < 1.29 is 4.79 Å². The van der Waals surface area contributed by atoms with Crippen LogP contribution in [0.4, 0.5) is 0 Å². The fourth-order valence-electron chi connectivity index (χ4n) is 4.57. The van der Waals surface area contributed by atoms with E-state index < -0.39 is 0 Å². The van der Waals surface area contributed by atoms with Gasteiger partial charge in [-0.3, -0.25) is 14.6 Å². The molecule has 152 valence electrons. The summed E-state index contributed by atoms with van der Waals surface area (Å²) in [5.74, 6) is 0.522. The third-order valence-corrected chi connectivity index (χ3v) is 6.09. The van der Waals surface area contributed by atoms with Crippen LogP contribution >= 0.6 is 0 Å². The van der Waals surface area contributed by atoms with E-state index in [9.17, 15) is 4.79 Å². The lowest BCUT2D eigenvalue weighted by Gasteiger charge is -2.21. The van der Waals surface area contributed by atoms with E-state index in [4.69, 9.17) is 0 Å². The van der Waals surface area contributed by atoms with Gasteiger partial charge in [0.25, 0.3) is 5.91 Å². The van der Waals surface area contributed by atoms with Crippen molar-refractivity contribution in [3.63, 3.8) is 0 Å². The molecule has 0 saturated carbocycles. The monoisotopic (exact) mass is 399 g/mol. The highest BCUT2D eigenvalue weighted by Gasteiger charge is 2.33. The number of fused-ring (bicyclic) bond motifs is 1. The van der Waals surface area contributed by atoms with E-state index in [1.54, 1.807) is 0 Å². The molecule has 3 heterocycles. The first kappa shape index (κ1) is 18.6. The van der Waals surface area contributed by atoms with Crippen LogP contribution in [-0.2, 0) is 6.54 Å². The third-order valence-electron chi connectivity index (χ3n) is 6.09. The number of likely N-dealkylation sites (tertiary alicyclic amines) is 1. The Balaban J connectivity index is 1.33. The standard InChI is InChI=1S/C24H25N5O/c1-16-4-3-5-20(8-16)24(30)28-14-18(9-17(28)2)15-29-23-7-6-19(10-21(23)13-27-29)22-11-25-26-12-22/h3-8,10-13,17-18H,9,14-15H2,1-2H3,(H,25,26)/t17-,18+/m0/s1. The number of aromatic amines is 1. The van der Waals surface area contributed by atoms with E-state index in [1.165, 1.54) is 0 Å². The Kier molecular flexibility index (Phi) is 4.62. The van der Waals surface area contributed by atoms with Crippen LogP contribution in [0, 0.1) is 12.8 Å². The van der Waals surface area contributed by atoms with Gasteiger partial charge in [-0.05, 0) is 56.0 Å². The van der Waals surface area contributed by atoms with E-state index in [-0.39, 0.29) is 11.9 Å². The second kappa shape index (κ2) is 7.44. The van der Waals surface area contributed by atoms with Crippen LogP contribution in [0.3, 0.4) is 0 Å². The number of carbonyl (C=O) groups excluding carboxylic acids is 1. The van der Waals surface area contributed by atoms with Gasteiger partial charge in [-0.1, -0.05) is 23.8 Å². The number of nitrogens with one attached hydrogen (secondary N) is 1. The molecule has 0 radical (unpaired) electrons. The third kappa shape index (κ3) is 3.38. The van der Waals surface area contributed by atoms with Crippen molar-refractivity contribution in [3.8, 4) is 11.1 Å². The van der Waals surface area contributed by atoms with Crippen LogP contribution < -0.4 is 0 Å². The molecule has 1 aliphatic rings. The van der Waals surface area contributed by atoms with Crippen molar-refractivity contribution in [3.05, 3.63) is 72.2 Å². The number of aromatic nitrogens is 4. The highest BCUT2D eigenvalue weighted by atomic mass is 16.2. The van der Waals surface area contributed by atoms with Crippen LogP contribution in [0.5, 0.6) is 0 Å². The number of amides is 1. The molecule has 1 saturated heterocycles. The van der Waals surface area contributed by atoms with Crippen molar-refractivity contribution in [2.75, 3.05) is 6.54 Å². The molecular weight excluding hydrogens is 374 g/mol. The van der Waals surface area contributed by atoms with Gasteiger partial charge in [0.15, 0.2) is 0 Å². The van der Waals surface area contributed by atoms with Crippen LogP contribution in [0.1, 0.15) is 29.3 Å². The van der Waals surface area contributed by atoms with Gasteiger partial charge in [-0.25, -0.2) is 0 Å². The van der Waals surface area contributed by atoms with Crippen molar-refractivity contribution in [2.24, 2.45) is 5.92 Å². The summed E-state index contributed by atoms with van der Waals surface area (Å²) in [6.45, 7) is 5.75. The van der Waals surface area contributed by atoms with E-state index in [2.05, 4.69) is 45.1 Å². The van der Waals surface area contributed by atoms with Gasteiger partial charge in [-0.15, -0.1) is 0 Å². The van der Waals surface area contributed by atoms with Crippen LogP contribution in [0.25, 0.3) is 22.0 Å². The molecule has 1 fully saturated rings. The number of benzene rings is 2. The van der Waals surface area contributed by atoms with Crippen molar-refractivity contribution in [2.45, 2.75) is 32.9 Å². The minimum atomic E-state index is 0.128. The lowest BCUT2D eigenvalue weighted by Crippen LogP contribution is -2.34. The molecule has 30 heavy (non-hydrogen) atoms. The quantitative estimate of drug-likeness (QED) is 0.557. The molecule has 1 N–H and O–H groups in total. The second-order valence-corrected chi connectivity index (χ2v) is 8.36. The molecule has 5 rings (SSSR count). The van der Waals surface area contributed by atoms with Gasteiger partial charge in [0, 0.05) is 41.8 Å². The molecule has 1 amide bonds. The fourth-order valence-corrected chi connectivity index (χ4v) is 4.57. The number of nitrogens with zero attached hydrogens (tertiary/aromatic N) is 4. The Morgan fingerprint density at radius 1 is 1.17 bits per heavy atom. The normalized spacial score (nSPS) is 18.9. The zero-order chi connectivity index (χ0) is 20.7. The SMILES string of the molecule is Cc1cccc(C(=O)N2C[C@H](Cn3ncc4cc(-c5cn[nH]c5)ccc43)C[C@@H]2C)c1. The Morgan fingerprint density at radius 3 is 2.87 bits per heavy atom. The molecule has 2 aromatic heterocycles. The van der Waals surface area contributed by atoms with Crippen molar-refractivity contribution in [1.29, 1.82) is 0 Å². The van der Waals surface area contributed by atoms with Gasteiger partial charge in [0.1, 0.15) is 0 Å². The molecule has 0 bridgehead atoms. The first-order valence-corrected chi connectivity index (χ1v) is 10.4. The number of H-pyrrole nitrogens is 1. The molecule has 0 spiro atoms. The number of hydrogen-bond acceptors (Lipinski definition) is 3. The lowest BCUT2D eigenvalue weighted by molar-refractivity contribution is 0.0742. The average Bonchev–Trinajstić information content (AvgIpc) is 3.48. The topological polar surface area (TPSA) is 66.8 Å². The van der Waals surface area contributed by atoms with Gasteiger partial charge >= 0.3 is 0 Å². The summed E-state index contributed by atoms with van der Waals surface area (Å²) in [6, 6.07) is 14.5. The summed E-state index contributed by atoms with van der Waals surface area (Å²) >= 11 is 0. The fraction of sp³-hybridized carbons (Fsp3) is 0.292. The number of hydrogen-bond donors (Lipinski definition) is 1. The largest absolute Gasteiger partial charge is 0.336 e. The first-order chi connectivity index (χ1) is 14.6. The van der Waals surface area contributed by atoms with Gasteiger partial charge in [0.2, 0.25) is 0 Å². The predicted molar refractivity (Wildman–Crippen MR) is 117 cm³/mol. The lowest BCUT2D eigenvalue weighted by atomic mass is 10.1. The van der Waals surface area contributed by atoms with E-state index in [0.717, 1.165) is 52.7 Å². The summed E-state index contributed by atoms with van der Waals surface area (Å²) in [5.41, 5.74) is 5.21. The molecule has 0 unspecified atom stereocenters. The highest BCUT2D eigenvalue weighted by molar-refractivity contribution is 5.94.